The zero-order valence-electron chi connectivity index (χ0n) is 9.70. The van der Waals surface area contributed by atoms with Crippen molar-refractivity contribution in [1.82, 2.24) is 5.32 Å². The van der Waals surface area contributed by atoms with Gasteiger partial charge in [-0.05, 0) is 6.07 Å². The van der Waals surface area contributed by atoms with Crippen molar-refractivity contribution in [2.24, 2.45) is 0 Å². The molecule has 0 unspecified atom stereocenters. The number of hydrogen-bond donors (Lipinski definition) is 1. The fourth-order valence-electron chi connectivity index (χ4n) is 1.18. The van der Waals surface area contributed by atoms with E-state index in [-0.39, 0.29) is 17.2 Å². The molecule has 0 radical (unpaired) electrons. The molecule has 0 atom stereocenters. The van der Waals surface area contributed by atoms with Crippen molar-refractivity contribution >= 4 is 11.6 Å². The van der Waals surface area contributed by atoms with Gasteiger partial charge in [0.15, 0.2) is 0 Å². The normalized spacial score (nSPS) is 9.22. The molecule has 0 aliphatic heterocycles. The number of halogens is 1. The summed E-state index contributed by atoms with van der Waals surface area (Å²) in [5.74, 6) is 4.37. The van der Waals surface area contributed by atoms with Crippen LogP contribution in [0.2, 0.25) is 0 Å². The third kappa shape index (κ3) is 4.22. The van der Waals surface area contributed by atoms with E-state index in [0.717, 1.165) is 18.2 Å². The van der Waals surface area contributed by atoms with Crippen LogP contribution in [0.5, 0.6) is 0 Å². The molecular formula is C12H11FN2O3. The number of nitrogens with zero attached hydrogens (tertiary/aromatic N) is 1. The number of carbonyl (C=O) groups excluding carboxylic acids is 1. The number of carbonyl (C=O) groups is 1. The number of hydrogen-bond acceptors (Lipinski definition) is 3. The van der Waals surface area contributed by atoms with Crippen molar-refractivity contribution in [1.29, 1.82) is 0 Å². The molecule has 1 aromatic carbocycles. The highest BCUT2D eigenvalue weighted by Crippen LogP contribution is 2.15. The second kappa shape index (κ2) is 6.35. The topological polar surface area (TPSA) is 72.2 Å². The Morgan fingerprint density at radius 3 is 2.89 bits per heavy atom. The van der Waals surface area contributed by atoms with E-state index in [4.69, 9.17) is 0 Å². The van der Waals surface area contributed by atoms with E-state index in [1.807, 2.05) is 0 Å². The second-order valence-electron chi connectivity index (χ2n) is 3.46. The lowest BCUT2D eigenvalue weighted by Gasteiger charge is -1.96. The average molecular weight is 250 g/mol. The standard InChI is InChI=1S/C12H11FN2O3/c1-9(16)14-7-3-2-4-10-8-11(15(17)18)5-6-12(10)13/h5-6,8H,3,7H2,1H3,(H,14,16). The van der Waals surface area contributed by atoms with Crippen molar-refractivity contribution in [2.45, 2.75) is 13.3 Å². The van der Waals surface area contributed by atoms with Gasteiger partial charge in [0.1, 0.15) is 5.82 Å². The first-order valence-corrected chi connectivity index (χ1v) is 5.18. The van der Waals surface area contributed by atoms with E-state index in [1.165, 1.54) is 6.92 Å². The highest BCUT2D eigenvalue weighted by Gasteiger charge is 2.08. The number of nitrogens with one attached hydrogen (secondary N) is 1. The molecule has 0 spiro atoms. The lowest BCUT2D eigenvalue weighted by atomic mass is 10.2. The minimum atomic E-state index is -0.609. The molecule has 0 saturated heterocycles. The summed E-state index contributed by atoms with van der Waals surface area (Å²) in [4.78, 5) is 20.5. The zero-order chi connectivity index (χ0) is 13.5. The fourth-order valence-corrected chi connectivity index (χ4v) is 1.18. The minimum Gasteiger partial charge on any atom is -0.355 e. The molecule has 1 amide bonds. The predicted octanol–water partition coefficient (Wildman–Crippen LogP) is 1.61. The van der Waals surface area contributed by atoms with Gasteiger partial charge in [-0.1, -0.05) is 11.8 Å². The Morgan fingerprint density at radius 1 is 1.56 bits per heavy atom. The number of rotatable bonds is 3. The molecule has 0 fully saturated rings. The Kier molecular flexibility index (Phi) is 4.81. The first-order valence-electron chi connectivity index (χ1n) is 5.18. The molecule has 1 aromatic rings. The predicted molar refractivity (Wildman–Crippen MR) is 63.2 cm³/mol. The third-order valence-electron chi connectivity index (χ3n) is 2.01. The number of nitro benzene ring substituents is 1. The van der Waals surface area contributed by atoms with Crippen LogP contribution in [0.1, 0.15) is 18.9 Å². The number of benzene rings is 1. The summed E-state index contributed by atoms with van der Waals surface area (Å²) in [7, 11) is 0. The Hall–Kier alpha value is -2.42. The molecule has 0 aliphatic carbocycles. The van der Waals surface area contributed by atoms with E-state index in [2.05, 4.69) is 17.2 Å². The summed E-state index contributed by atoms with van der Waals surface area (Å²) >= 11 is 0. The van der Waals surface area contributed by atoms with E-state index in [9.17, 15) is 19.3 Å². The summed E-state index contributed by atoms with van der Waals surface area (Å²) in [6, 6.07) is 3.18. The van der Waals surface area contributed by atoms with Gasteiger partial charge in [0.25, 0.3) is 5.69 Å². The van der Waals surface area contributed by atoms with E-state index in [1.54, 1.807) is 0 Å². The van der Waals surface area contributed by atoms with Gasteiger partial charge in [0, 0.05) is 32.0 Å². The Balaban J connectivity index is 2.71. The van der Waals surface area contributed by atoms with Crippen LogP contribution in [0.3, 0.4) is 0 Å². The monoisotopic (exact) mass is 250 g/mol. The largest absolute Gasteiger partial charge is 0.355 e. The minimum absolute atomic E-state index is 0.0213. The molecule has 1 N–H and O–H groups in total. The molecule has 6 heteroatoms. The molecule has 5 nitrogen and oxygen atoms in total. The molecule has 18 heavy (non-hydrogen) atoms. The third-order valence-corrected chi connectivity index (χ3v) is 2.01. The van der Waals surface area contributed by atoms with Crippen LogP contribution in [0.15, 0.2) is 18.2 Å². The van der Waals surface area contributed by atoms with Gasteiger partial charge in [0.2, 0.25) is 5.91 Å². The molecule has 0 bridgehead atoms. The summed E-state index contributed by atoms with van der Waals surface area (Å²) in [5.41, 5.74) is -0.227. The maximum atomic E-state index is 13.3. The molecule has 0 heterocycles. The van der Waals surface area contributed by atoms with E-state index < -0.39 is 10.7 Å². The van der Waals surface area contributed by atoms with Crippen molar-refractivity contribution in [3.8, 4) is 11.8 Å². The van der Waals surface area contributed by atoms with Crippen LogP contribution in [0, 0.1) is 27.8 Å². The Morgan fingerprint density at radius 2 is 2.28 bits per heavy atom. The number of nitro groups is 1. The smallest absolute Gasteiger partial charge is 0.270 e. The van der Waals surface area contributed by atoms with Crippen LogP contribution in [-0.2, 0) is 4.79 Å². The van der Waals surface area contributed by atoms with E-state index >= 15 is 0 Å². The van der Waals surface area contributed by atoms with Crippen molar-refractivity contribution in [3.05, 3.63) is 39.7 Å². The molecule has 0 saturated carbocycles. The zero-order valence-corrected chi connectivity index (χ0v) is 9.70. The van der Waals surface area contributed by atoms with Gasteiger partial charge in [-0.15, -0.1) is 0 Å². The van der Waals surface area contributed by atoms with Gasteiger partial charge >= 0.3 is 0 Å². The van der Waals surface area contributed by atoms with Gasteiger partial charge in [-0.2, -0.15) is 0 Å². The van der Waals surface area contributed by atoms with Gasteiger partial charge in [0.05, 0.1) is 10.5 Å². The summed E-state index contributed by atoms with van der Waals surface area (Å²) < 4.78 is 13.3. The number of amides is 1. The maximum absolute atomic E-state index is 13.3. The Bertz CT molecular complexity index is 532. The van der Waals surface area contributed by atoms with Crippen LogP contribution in [-0.4, -0.2) is 17.4 Å². The summed E-state index contributed by atoms with van der Waals surface area (Å²) in [5, 5.41) is 13.0. The van der Waals surface area contributed by atoms with Crippen LogP contribution in [0.25, 0.3) is 0 Å². The van der Waals surface area contributed by atoms with Gasteiger partial charge in [-0.25, -0.2) is 4.39 Å². The maximum Gasteiger partial charge on any atom is 0.270 e. The van der Waals surface area contributed by atoms with Gasteiger partial charge in [-0.3, -0.25) is 14.9 Å². The highest BCUT2D eigenvalue weighted by molar-refractivity contribution is 5.72. The van der Waals surface area contributed by atoms with Crippen LogP contribution >= 0.6 is 0 Å². The molecule has 1 rings (SSSR count). The first kappa shape index (κ1) is 13.6. The van der Waals surface area contributed by atoms with Crippen molar-refractivity contribution in [3.63, 3.8) is 0 Å². The molecule has 0 aliphatic rings. The first-order chi connectivity index (χ1) is 8.50. The molecule has 94 valence electrons. The summed E-state index contributed by atoms with van der Waals surface area (Å²) in [6.07, 6.45) is 0.349. The van der Waals surface area contributed by atoms with Gasteiger partial charge < -0.3 is 5.32 Å². The van der Waals surface area contributed by atoms with Crippen LogP contribution in [0.4, 0.5) is 10.1 Å². The average Bonchev–Trinajstić information content (AvgIpc) is 2.30. The van der Waals surface area contributed by atoms with Crippen molar-refractivity contribution in [2.75, 3.05) is 6.54 Å². The molecular weight excluding hydrogens is 239 g/mol. The number of non-ortho nitro benzene ring substituents is 1. The second-order valence-corrected chi connectivity index (χ2v) is 3.46. The Labute approximate surface area is 103 Å². The molecule has 0 aromatic heterocycles. The highest BCUT2D eigenvalue weighted by atomic mass is 19.1. The van der Waals surface area contributed by atoms with Crippen molar-refractivity contribution < 1.29 is 14.1 Å². The fraction of sp³-hybridized carbons (Fsp3) is 0.250. The summed E-state index contributed by atoms with van der Waals surface area (Å²) in [6.45, 7) is 1.74. The van der Waals surface area contributed by atoms with Crippen LogP contribution < -0.4 is 5.32 Å². The quantitative estimate of drug-likeness (QED) is 0.383. The SMILES string of the molecule is CC(=O)NCCC#Cc1cc([N+](=O)[O-])ccc1F. The lowest BCUT2D eigenvalue weighted by molar-refractivity contribution is -0.384. The lowest BCUT2D eigenvalue weighted by Crippen LogP contribution is -2.20. The van der Waals surface area contributed by atoms with E-state index in [0.29, 0.717) is 13.0 Å².